The molecule has 1 aromatic carbocycles. The maximum Gasteiger partial charge on any atom is 0.383 e. The number of hydrogen-bond donors (Lipinski definition) is 0. The highest BCUT2D eigenvalue weighted by atomic mass is 16.5. The van der Waals surface area contributed by atoms with E-state index in [4.69, 9.17) is 9.15 Å². The summed E-state index contributed by atoms with van der Waals surface area (Å²) in [6, 6.07) is 12.2. The molecule has 1 aromatic heterocycles. The van der Waals surface area contributed by atoms with Crippen molar-refractivity contribution in [3.8, 4) is 5.75 Å². The topological polar surface area (TPSA) is 65.7 Å². The lowest BCUT2D eigenvalue weighted by molar-refractivity contribution is -0.137. The third kappa shape index (κ3) is 3.47. The largest absolute Gasteiger partial charge is 0.486 e. The van der Waals surface area contributed by atoms with Crippen LogP contribution in [-0.2, 0) is 16.1 Å². The Morgan fingerprint density at radius 1 is 1.10 bits per heavy atom. The second-order valence-electron chi connectivity index (χ2n) is 3.92. The predicted molar refractivity (Wildman–Crippen MR) is 70.4 cm³/mol. The van der Waals surface area contributed by atoms with E-state index in [0.717, 1.165) is 0 Å². The smallest absolute Gasteiger partial charge is 0.383 e. The van der Waals surface area contributed by atoms with Crippen molar-refractivity contribution >= 4 is 11.8 Å². The minimum Gasteiger partial charge on any atom is -0.486 e. The molecule has 0 radical (unpaired) electrons. The van der Waals surface area contributed by atoms with Gasteiger partial charge in [-0.2, -0.15) is 0 Å². The van der Waals surface area contributed by atoms with Gasteiger partial charge in [-0.1, -0.05) is 18.2 Å². The summed E-state index contributed by atoms with van der Waals surface area (Å²) >= 11 is 0. The van der Waals surface area contributed by atoms with Gasteiger partial charge in [-0.05, 0) is 31.2 Å². The van der Waals surface area contributed by atoms with Gasteiger partial charge in [0.15, 0.2) is 5.76 Å². The summed E-state index contributed by atoms with van der Waals surface area (Å²) in [4.78, 5) is 22.9. The molecular formula is C15H14O5. The van der Waals surface area contributed by atoms with Crippen molar-refractivity contribution in [3.05, 3.63) is 54.0 Å². The van der Waals surface area contributed by atoms with E-state index in [1.54, 1.807) is 13.0 Å². The number of carbonyl (C=O) groups excluding carboxylic acids is 2. The molecule has 0 saturated carbocycles. The van der Waals surface area contributed by atoms with E-state index in [1.165, 1.54) is 6.07 Å². The van der Waals surface area contributed by atoms with Crippen LogP contribution in [0.1, 0.15) is 23.2 Å². The van der Waals surface area contributed by atoms with Gasteiger partial charge in [-0.15, -0.1) is 0 Å². The molecule has 5 nitrogen and oxygen atoms in total. The second kappa shape index (κ2) is 6.56. The number of Topliss-reactive ketones (excluding diaryl/α,β-unsaturated/α-hetero) is 1. The molecule has 0 saturated heterocycles. The number of para-hydroxylation sites is 1. The van der Waals surface area contributed by atoms with Gasteiger partial charge in [-0.3, -0.25) is 4.79 Å². The monoisotopic (exact) mass is 274 g/mol. The minimum atomic E-state index is -0.919. The van der Waals surface area contributed by atoms with E-state index in [-0.39, 0.29) is 19.0 Å². The highest BCUT2D eigenvalue weighted by molar-refractivity contribution is 6.39. The molecule has 0 atom stereocenters. The maximum absolute atomic E-state index is 11.6. The average Bonchev–Trinajstić information content (AvgIpc) is 2.94. The van der Waals surface area contributed by atoms with Crippen molar-refractivity contribution in [1.82, 2.24) is 0 Å². The van der Waals surface area contributed by atoms with Crippen molar-refractivity contribution in [2.45, 2.75) is 13.5 Å². The van der Waals surface area contributed by atoms with Crippen LogP contribution in [0.5, 0.6) is 5.75 Å². The van der Waals surface area contributed by atoms with Crippen molar-refractivity contribution in [2.75, 3.05) is 6.61 Å². The van der Waals surface area contributed by atoms with Crippen molar-refractivity contribution < 1.29 is 23.5 Å². The molecule has 0 aliphatic rings. The minimum absolute atomic E-state index is 0.0462. The zero-order valence-corrected chi connectivity index (χ0v) is 11.0. The first-order valence-electron chi connectivity index (χ1n) is 6.18. The van der Waals surface area contributed by atoms with Crippen LogP contribution < -0.4 is 4.74 Å². The molecule has 2 aromatic rings. The fourth-order valence-corrected chi connectivity index (χ4v) is 1.55. The average molecular weight is 274 g/mol. The predicted octanol–water partition coefficient (Wildman–Crippen LogP) is 2.60. The number of carbonyl (C=O) groups is 2. The van der Waals surface area contributed by atoms with Crippen LogP contribution in [0.4, 0.5) is 0 Å². The normalized spacial score (nSPS) is 10.1. The number of ketones is 1. The van der Waals surface area contributed by atoms with Crippen molar-refractivity contribution in [1.29, 1.82) is 0 Å². The third-order valence-electron chi connectivity index (χ3n) is 2.47. The summed E-state index contributed by atoms with van der Waals surface area (Å²) in [5.41, 5.74) is 0. The van der Waals surface area contributed by atoms with Gasteiger partial charge >= 0.3 is 11.8 Å². The highest BCUT2D eigenvalue weighted by Gasteiger charge is 2.21. The fourth-order valence-electron chi connectivity index (χ4n) is 1.55. The van der Waals surface area contributed by atoms with Gasteiger partial charge in [0.2, 0.25) is 0 Å². The molecule has 104 valence electrons. The molecule has 2 rings (SSSR count). The Hall–Kier alpha value is -2.56. The van der Waals surface area contributed by atoms with Gasteiger partial charge in [0.05, 0.1) is 6.61 Å². The Morgan fingerprint density at radius 3 is 2.55 bits per heavy atom. The van der Waals surface area contributed by atoms with Crippen molar-refractivity contribution in [3.63, 3.8) is 0 Å². The summed E-state index contributed by atoms with van der Waals surface area (Å²) in [5.74, 6) is -0.603. The Bertz CT molecular complexity index is 585. The number of benzene rings is 1. The van der Waals surface area contributed by atoms with Gasteiger partial charge < -0.3 is 13.9 Å². The van der Waals surface area contributed by atoms with Gasteiger partial charge in [0.1, 0.15) is 18.1 Å². The summed E-state index contributed by atoms with van der Waals surface area (Å²) in [6.07, 6.45) is 0. The molecular weight excluding hydrogens is 260 g/mol. The van der Waals surface area contributed by atoms with E-state index in [2.05, 4.69) is 4.74 Å². The van der Waals surface area contributed by atoms with Crippen molar-refractivity contribution in [2.24, 2.45) is 0 Å². The molecule has 0 N–H and O–H groups in total. The van der Waals surface area contributed by atoms with E-state index in [9.17, 15) is 9.59 Å². The molecule has 0 bridgehead atoms. The Balaban J connectivity index is 1.95. The first-order chi connectivity index (χ1) is 9.70. The van der Waals surface area contributed by atoms with Crippen LogP contribution in [-0.4, -0.2) is 18.4 Å². The van der Waals surface area contributed by atoms with Gasteiger partial charge in [0, 0.05) is 0 Å². The number of esters is 1. The summed E-state index contributed by atoms with van der Waals surface area (Å²) in [6.45, 7) is 1.96. The molecule has 1 heterocycles. The van der Waals surface area contributed by atoms with E-state index < -0.39 is 11.8 Å². The Morgan fingerprint density at radius 2 is 1.85 bits per heavy atom. The van der Waals surface area contributed by atoms with Crippen LogP contribution >= 0.6 is 0 Å². The maximum atomic E-state index is 11.6. The summed E-state index contributed by atoms with van der Waals surface area (Å²) in [7, 11) is 0. The summed E-state index contributed by atoms with van der Waals surface area (Å²) in [5, 5.41) is 0. The number of hydrogen-bond acceptors (Lipinski definition) is 5. The van der Waals surface area contributed by atoms with Crippen LogP contribution in [0.2, 0.25) is 0 Å². The van der Waals surface area contributed by atoms with E-state index in [0.29, 0.717) is 11.5 Å². The lowest BCUT2D eigenvalue weighted by atomic mass is 10.3. The molecule has 20 heavy (non-hydrogen) atoms. The Labute approximate surface area is 116 Å². The third-order valence-corrected chi connectivity index (χ3v) is 2.47. The second-order valence-corrected chi connectivity index (χ2v) is 3.92. The number of ether oxygens (including phenoxy) is 2. The molecule has 0 fully saturated rings. The molecule has 0 aliphatic heterocycles. The molecule has 5 heteroatoms. The quantitative estimate of drug-likeness (QED) is 0.460. The lowest BCUT2D eigenvalue weighted by Crippen LogP contribution is -2.16. The molecule has 0 aliphatic carbocycles. The van der Waals surface area contributed by atoms with Crippen LogP contribution in [0.25, 0.3) is 0 Å². The fraction of sp³-hybridized carbons (Fsp3) is 0.200. The molecule has 0 amide bonds. The highest BCUT2D eigenvalue weighted by Crippen LogP contribution is 2.14. The molecule has 0 unspecified atom stereocenters. The number of furan rings is 1. The zero-order chi connectivity index (χ0) is 14.4. The lowest BCUT2D eigenvalue weighted by Gasteiger charge is -2.03. The van der Waals surface area contributed by atoms with Crippen LogP contribution in [0, 0.1) is 0 Å². The first kappa shape index (κ1) is 13.9. The number of rotatable bonds is 6. The van der Waals surface area contributed by atoms with E-state index in [1.807, 2.05) is 30.3 Å². The standard InChI is InChI=1S/C15H14O5/c1-2-18-15(17)14(16)13-9-8-12(20-13)10-19-11-6-4-3-5-7-11/h3-9H,2,10H2,1H3. The van der Waals surface area contributed by atoms with Gasteiger partial charge in [0.25, 0.3) is 0 Å². The molecule has 0 spiro atoms. The van der Waals surface area contributed by atoms with Crippen LogP contribution in [0.15, 0.2) is 46.9 Å². The van der Waals surface area contributed by atoms with Crippen LogP contribution in [0.3, 0.4) is 0 Å². The first-order valence-corrected chi connectivity index (χ1v) is 6.18. The summed E-state index contributed by atoms with van der Waals surface area (Å²) < 4.78 is 15.3. The zero-order valence-electron chi connectivity index (χ0n) is 11.0. The Kier molecular flexibility index (Phi) is 4.55. The van der Waals surface area contributed by atoms with E-state index >= 15 is 0 Å². The van der Waals surface area contributed by atoms with Gasteiger partial charge in [-0.25, -0.2) is 4.79 Å². The SMILES string of the molecule is CCOC(=O)C(=O)c1ccc(COc2ccccc2)o1.